The molecule has 2 aromatic rings. The van der Waals surface area contributed by atoms with Crippen molar-refractivity contribution >= 4 is 53.2 Å². The van der Waals surface area contributed by atoms with E-state index in [-0.39, 0.29) is 5.54 Å². The summed E-state index contributed by atoms with van der Waals surface area (Å²) in [6, 6.07) is 8.77. The summed E-state index contributed by atoms with van der Waals surface area (Å²) < 4.78 is 1.16. The molecule has 0 saturated carbocycles. The van der Waals surface area contributed by atoms with Crippen LogP contribution in [-0.4, -0.2) is 15.1 Å². The van der Waals surface area contributed by atoms with Gasteiger partial charge >= 0.3 is 37.9 Å². The van der Waals surface area contributed by atoms with Gasteiger partial charge in [-0.25, -0.2) is 0 Å². The Hall–Kier alpha value is 0.950. The number of fused-ring (bicyclic) bond motifs is 1. The summed E-state index contributed by atoms with van der Waals surface area (Å²) in [5.74, 6) is 0. The molecular weight excluding hydrogens is 488 g/mol. The fourth-order valence-corrected chi connectivity index (χ4v) is 2.20. The van der Waals surface area contributed by atoms with Crippen LogP contribution in [0.2, 0.25) is 13.1 Å². The second kappa shape index (κ2) is 14.2. The van der Waals surface area contributed by atoms with Gasteiger partial charge in [-0.05, 0) is 11.4 Å². The quantitative estimate of drug-likeness (QED) is 0.252. The number of hydrogen-bond acceptors (Lipinski definition) is 0. The van der Waals surface area contributed by atoms with Crippen molar-refractivity contribution in [2.75, 3.05) is 0 Å². The molecule has 0 saturated heterocycles. The van der Waals surface area contributed by atoms with Gasteiger partial charge in [0.05, 0.1) is 0 Å². The van der Waals surface area contributed by atoms with E-state index in [1.54, 1.807) is 0 Å². The molecule has 6 heteroatoms. The van der Waals surface area contributed by atoms with Crippen LogP contribution in [0.1, 0.15) is 31.9 Å². The Morgan fingerprint density at radius 2 is 1.52 bits per heavy atom. The number of rotatable bonds is 0. The van der Waals surface area contributed by atoms with Crippen LogP contribution < -0.4 is 0 Å². The third-order valence-corrected chi connectivity index (χ3v) is 2.60. The van der Waals surface area contributed by atoms with Crippen molar-refractivity contribution in [3.05, 3.63) is 45.6 Å². The monoisotopic (exact) mass is 511 g/mol. The molecule has 0 bridgehead atoms. The Labute approximate surface area is 171 Å². The van der Waals surface area contributed by atoms with Gasteiger partial charge in [0, 0.05) is 9.52 Å². The van der Waals surface area contributed by atoms with Crippen molar-refractivity contribution in [2.45, 2.75) is 53.3 Å². The molecule has 0 aliphatic heterocycles. The Morgan fingerprint density at radius 1 is 1.13 bits per heavy atom. The summed E-state index contributed by atoms with van der Waals surface area (Å²) in [6.45, 7) is 14.1. The van der Waals surface area contributed by atoms with Gasteiger partial charge in [0.25, 0.3) is 0 Å². The van der Waals surface area contributed by atoms with E-state index in [1.807, 2.05) is 20.8 Å². The standard InChI is InChI=1S/C11H10Br.C4H10N.C2H6Si.2ClH.Zr/c1-7-3-9-6-10(12)5-8(2)11(9)4-7;1-4(2,3)5;1-3-2;;;/h3-6H,1-2H3;5H,1-3H3;1-2H3;2*1H;/q2*-1;;;;+4/p-2. The van der Waals surface area contributed by atoms with Crippen LogP contribution >= 0.6 is 33.0 Å². The summed E-state index contributed by atoms with van der Waals surface area (Å²) in [4.78, 5) is 0. The molecule has 0 spiro atoms. The van der Waals surface area contributed by atoms with Gasteiger partial charge in [-0.2, -0.15) is 6.07 Å². The average Bonchev–Trinajstić information content (AvgIpc) is 2.69. The van der Waals surface area contributed by atoms with Gasteiger partial charge in [0.1, 0.15) is 0 Å². The van der Waals surface area contributed by atoms with Crippen LogP contribution in [0.15, 0.2) is 28.7 Å². The van der Waals surface area contributed by atoms with Crippen LogP contribution in [0, 0.1) is 13.8 Å². The fourth-order valence-electron chi connectivity index (χ4n) is 1.61. The van der Waals surface area contributed by atoms with Gasteiger partial charge in [0.2, 0.25) is 0 Å². The Kier molecular flexibility index (Phi) is 16.1. The topological polar surface area (TPSA) is 23.8 Å². The molecule has 0 aromatic heterocycles. The van der Waals surface area contributed by atoms with E-state index in [0.717, 1.165) is 14.0 Å². The first-order valence-corrected chi connectivity index (χ1v) is 16.2. The zero-order chi connectivity index (χ0) is 18.6. The van der Waals surface area contributed by atoms with E-state index in [2.05, 4.69) is 67.1 Å². The molecule has 0 atom stereocenters. The molecule has 0 unspecified atom stereocenters. The van der Waals surface area contributed by atoms with Gasteiger partial charge in [-0.1, -0.05) is 68.3 Å². The van der Waals surface area contributed by atoms with Crippen molar-refractivity contribution in [1.29, 1.82) is 0 Å². The van der Waals surface area contributed by atoms with Crippen LogP contribution in [0.25, 0.3) is 16.5 Å². The van der Waals surface area contributed by atoms with Gasteiger partial charge in [0.15, 0.2) is 0 Å². The number of hydrogen-bond donors (Lipinski definition) is 0. The zero-order valence-electron chi connectivity index (χ0n) is 14.9. The van der Waals surface area contributed by atoms with E-state index in [4.69, 9.17) is 22.8 Å². The van der Waals surface area contributed by atoms with E-state index in [0.29, 0.717) is 0 Å². The number of halogens is 3. The van der Waals surface area contributed by atoms with E-state index >= 15 is 0 Å². The number of nitrogens with one attached hydrogen (secondary N) is 1. The minimum atomic E-state index is -0.826. The second-order valence-electron chi connectivity index (χ2n) is 6.08. The molecule has 0 aliphatic rings. The predicted molar refractivity (Wildman–Crippen MR) is 110 cm³/mol. The summed E-state index contributed by atoms with van der Waals surface area (Å²) in [6.07, 6.45) is 0. The van der Waals surface area contributed by atoms with Crippen LogP contribution in [0.5, 0.6) is 0 Å². The third-order valence-electron chi connectivity index (χ3n) is 2.14. The molecule has 1 nitrogen and oxygen atoms in total. The third kappa shape index (κ3) is 16.2. The summed E-state index contributed by atoms with van der Waals surface area (Å²) >= 11 is 2.67. The first-order valence-electron chi connectivity index (χ1n) is 7.13. The molecule has 0 fully saturated rings. The van der Waals surface area contributed by atoms with Gasteiger partial charge in [-0.15, -0.1) is 34.0 Å². The van der Waals surface area contributed by atoms with E-state index in [1.165, 1.54) is 21.9 Å². The maximum atomic E-state index is 6.94. The molecule has 2 aromatic carbocycles. The Bertz CT molecular complexity index is 545. The minimum absolute atomic E-state index is 0.250. The molecule has 1 N–H and O–H groups in total. The van der Waals surface area contributed by atoms with Crippen LogP contribution in [0.3, 0.4) is 0 Å². The van der Waals surface area contributed by atoms with E-state index in [9.17, 15) is 0 Å². The van der Waals surface area contributed by atoms with E-state index < -0.39 is 20.8 Å². The van der Waals surface area contributed by atoms with Crippen LogP contribution in [-0.2, 0) is 20.8 Å². The van der Waals surface area contributed by atoms with Gasteiger partial charge < -0.3 is 5.73 Å². The van der Waals surface area contributed by atoms with Crippen molar-refractivity contribution in [1.82, 2.24) is 0 Å². The number of benzene rings is 1. The summed E-state index contributed by atoms with van der Waals surface area (Å²) in [7, 11) is 11.0. The summed E-state index contributed by atoms with van der Waals surface area (Å²) in [5.41, 5.74) is 9.37. The van der Waals surface area contributed by atoms with Crippen molar-refractivity contribution in [3.8, 4) is 0 Å². The molecule has 2 radical (unpaired) electrons. The molecular formula is C17H26BrCl2NSiZr. The molecule has 2 rings (SSSR count). The molecule has 128 valence electrons. The zero-order valence-corrected chi connectivity index (χ0v) is 21.5. The number of aryl methyl sites for hydroxylation is 2. The van der Waals surface area contributed by atoms with Crippen LogP contribution in [0.4, 0.5) is 0 Å². The summed E-state index contributed by atoms with van der Waals surface area (Å²) in [5, 5.41) is 2.70. The predicted octanol–water partition coefficient (Wildman–Crippen LogP) is 7.94. The SMILES string of the molecule is CC(C)(C)[NH-].C[Si]C.Cc1cc2c(C)cc(Br)cc2[cH-]1.[Cl][Zr+2][Cl]. The first-order chi connectivity index (χ1) is 10.5. The molecule has 23 heavy (non-hydrogen) atoms. The van der Waals surface area contributed by atoms with Crippen molar-refractivity contribution in [3.63, 3.8) is 0 Å². The Balaban J connectivity index is 0. The van der Waals surface area contributed by atoms with Crippen molar-refractivity contribution in [2.24, 2.45) is 0 Å². The first kappa shape index (κ1) is 26.2. The fraction of sp³-hybridized carbons (Fsp3) is 0.471. The maximum absolute atomic E-state index is 6.94. The van der Waals surface area contributed by atoms with Crippen molar-refractivity contribution < 1.29 is 20.8 Å². The Morgan fingerprint density at radius 3 is 1.91 bits per heavy atom. The molecule has 0 amide bonds. The average molecular weight is 515 g/mol. The molecule has 0 aliphatic carbocycles. The molecule has 0 heterocycles. The second-order valence-corrected chi connectivity index (χ2v) is 11.7. The normalized spacial score (nSPS) is 9.52. The van der Waals surface area contributed by atoms with Gasteiger partial charge in [-0.3, -0.25) is 0 Å².